The van der Waals surface area contributed by atoms with Gasteiger partial charge in [-0.3, -0.25) is 4.79 Å². The first-order valence-electron chi connectivity index (χ1n) is 3.55. The molecule has 12 heavy (non-hydrogen) atoms. The van der Waals surface area contributed by atoms with Gasteiger partial charge < -0.3 is 0 Å². The van der Waals surface area contributed by atoms with E-state index >= 15 is 0 Å². The quantitative estimate of drug-likeness (QED) is 0.595. The molecule has 64 valence electrons. The number of hydrogen-bond donors (Lipinski definition) is 1. The normalized spacial score (nSPS) is 10.8. The van der Waals surface area contributed by atoms with Crippen molar-refractivity contribution in [2.75, 3.05) is 5.75 Å². The number of aromatic nitrogens is 1. The van der Waals surface area contributed by atoms with Crippen molar-refractivity contribution in [3.8, 4) is 0 Å². The lowest BCUT2D eigenvalue weighted by molar-refractivity contribution is 0.111. The van der Waals surface area contributed by atoms with Crippen LogP contribution in [0.4, 0.5) is 0 Å². The predicted molar refractivity (Wildman–Crippen MR) is 55.0 cm³/mol. The van der Waals surface area contributed by atoms with Crippen LogP contribution in [0.5, 0.6) is 0 Å². The van der Waals surface area contributed by atoms with Crippen LogP contribution in [-0.4, -0.2) is 17.0 Å². The summed E-state index contributed by atoms with van der Waals surface area (Å²) in [4.78, 5) is 14.3. The van der Waals surface area contributed by atoms with E-state index < -0.39 is 0 Å². The number of thiol groups is 1. The zero-order valence-corrected chi connectivity index (χ0v) is 8.15. The van der Waals surface area contributed by atoms with Gasteiger partial charge in [0, 0.05) is 5.38 Å². The van der Waals surface area contributed by atoms with Gasteiger partial charge in [0.2, 0.25) is 0 Å². The Balaban J connectivity index is 2.57. The van der Waals surface area contributed by atoms with Gasteiger partial charge in [0.1, 0.15) is 10.7 Å². The summed E-state index contributed by atoms with van der Waals surface area (Å²) in [7, 11) is 0. The van der Waals surface area contributed by atoms with Crippen LogP contribution in [0.1, 0.15) is 21.9 Å². The van der Waals surface area contributed by atoms with Crippen molar-refractivity contribution in [1.29, 1.82) is 0 Å². The molecule has 1 aromatic heterocycles. The Morgan fingerprint density at radius 1 is 1.67 bits per heavy atom. The first kappa shape index (κ1) is 9.48. The van der Waals surface area contributed by atoms with Crippen molar-refractivity contribution in [1.82, 2.24) is 4.98 Å². The van der Waals surface area contributed by atoms with Gasteiger partial charge in [-0.05, 0) is 18.2 Å². The van der Waals surface area contributed by atoms with Crippen molar-refractivity contribution in [2.24, 2.45) is 0 Å². The number of carbonyl (C=O) groups is 1. The van der Waals surface area contributed by atoms with Crippen molar-refractivity contribution in [3.05, 3.63) is 22.2 Å². The van der Waals surface area contributed by atoms with Crippen molar-refractivity contribution < 1.29 is 4.79 Å². The van der Waals surface area contributed by atoms with Gasteiger partial charge in [0.05, 0.1) is 0 Å². The lowest BCUT2D eigenvalue weighted by atomic mass is 10.4. The van der Waals surface area contributed by atoms with Gasteiger partial charge in [-0.2, -0.15) is 12.6 Å². The summed E-state index contributed by atoms with van der Waals surface area (Å²) in [6.07, 6.45) is 5.60. The maximum atomic E-state index is 10.3. The fraction of sp³-hybridized carbons (Fsp3) is 0.250. The second-order valence-electron chi connectivity index (χ2n) is 2.14. The molecule has 0 spiro atoms. The molecule has 0 saturated carbocycles. The van der Waals surface area contributed by atoms with Crippen LogP contribution in [0.15, 0.2) is 11.5 Å². The summed E-state index contributed by atoms with van der Waals surface area (Å²) >= 11 is 5.54. The van der Waals surface area contributed by atoms with Crippen molar-refractivity contribution >= 4 is 36.3 Å². The molecule has 0 aromatic carbocycles. The molecule has 0 bridgehead atoms. The highest BCUT2D eigenvalue weighted by Crippen LogP contribution is 2.10. The third kappa shape index (κ3) is 2.79. The molecule has 1 heterocycles. The third-order valence-corrected chi connectivity index (χ3v) is 2.30. The molecule has 0 aliphatic carbocycles. The predicted octanol–water partition coefficient (Wildman–Crippen LogP) is 2.29. The molecule has 0 unspecified atom stereocenters. The van der Waals surface area contributed by atoms with Crippen molar-refractivity contribution in [2.45, 2.75) is 6.42 Å². The lowest BCUT2D eigenvalue weighted by Gasteiger charge is -1.82. The second-order valence-corrected chi connectivity index (χ2v) is 3.48. The SMILES string of the molecule is O=Cc1csc(C=CCCS)n1. The van der Waals surface area contributed by atoms with Gasteiger partial charge in [-0.1, -0.05) is 6.08 Å². The molecular weight excluding hydrogens is 190 g/mol. The third-order valence-electron chi connectivity index (χ3n) is 1.22. The van der Waals surface area contributed by atoms with E-state index in [1.54, 1.807) is 5.38 Å². The standard InChI is InChI=1S/C8H9NOS2/c10-5-7-6-12-8(9-7)3-1-2-4-11/h1,3,5-6,11H,2,4H2. The molecule has 0 radical (unpaired) electrons. The number of hydrogen-bond acceptors (Lipinski definition) is 4. The van der Waals surface area contributed by atoms with Gasteiger partial charge in [-0.15, -0.1) is 11.3 Å². The van der Waals surface area contributed by atoms with Gasteiger partial charge >= 0.3 is 0 Å². The van der Waals surface area contributed by atoms with Gasteiger partial charge in [-0.25, -0.2) is 4.98 Å². The zero-order valence-electron chi connectivity index (χ0n) is 6.43. The number of nitrogens with zero attached hydrogens (tertiary/aromatic N) is 1. The Bertz CT molecular complexity index is 280. The lowest BCUT2D eigenvalue weighted by Crippen LogP contribution is -1.77. The second kappa shape index (κ2) is 5.11. The molecule has 0 atom stereocenters. The number of aldehydes is 1. The molecule has 0 aliphatic rings. The molecule has 0 N–H and O–H groups in total. The Morgan fingerprint density at radius 3 is 3.08 bits per heavy atom. The van der Waals surface area contributed by atoms with Crippen LogP contribution in [0, 0.1) is 0 Å². The maximum Gasteiger partial charge on any atom is 0.169 e. The molecule has 1 rings (SSSR count). The summed E-state index contributed by atoms with van der Waals surface area (Å²) in [6.45, 7) is 0. The van der Waals surface area contributed by atoms with Gasteiger partial charge in [0.25, 0.3) is 0 Å². The average molecular weight is 199 g/mol. The highest BCUT2D eigenvalue weighted by atomic mass is 32.1. The highest BCUT2D eigenvalue weighted by molar-refractivity contribution is 7.80. The Hall–Kier alpha value is -0.610. The Labute approximate surface area is 80.7 Å². The van der Waals surface area contributed by atoms with Crippen LogP contribution in [0.25, 0.3) is 6.08 Å². The van der Waals surface area contributed by atoms with Crippen LogP contribution in [0.2, 0.25) is 0 Å². The van der Waals surface area contributed by atoms with Gasteiger partial charge in [0.15, 0.2) is 6.29 Å². The summed E-state index contributed by atoms with van der Waals surface area (Å²) in [6, 6.07) is 0. The minimum Gasteiger partial charge on any atom is -0.296 e. The summed E-state index contributed by atoms with van der Waals surface area (Å²) < 4.78 is 0. The minimum absolute atomic E-state index is 0.505. The number of allylic oxidation sites excluding steroid dienone is 1. The van der Waals surface area contributed by atoms with E-state index in [2.05, 4.69) is 17.6 Å². The molecule has 0 aliphatic heterocycles. The van der Waals surface area contributed by atoms with E-state index in [9.17, 15) is 4.79 Å². The smallest absolute Gasteiger partial charge is 0.169 e. The Morgan fingerprint density at radius 2 is 2.50 bits per heavy atom. The number of thiazole rings is 1. The first-order valence-corrected chi connectivity index (χ1v) is 5.06. The summed E-state index contributed by atoms with van der Waals surface area (Å²) in [5.41, 5.74) is 0.505. The fourth-order valence-electron chi connectivity index (χ4n) is 0.690. The average Bonchev–Trinajstić information content (AvgIpc) is 2.53. The molecule has 2 nitrogen and oxygen atoms in total. The van der Waals surface area contributed by atoms with E-state index in [0.29, 0.717) is 5.69 Å². The Kier molecular flexibility index (Phi) is 4.04. The first-order chi connectivity index (χ1) is 5.86. The highest BCUT2D eigenvalue weighted by Gasteiger charge is 1.95. The van der Waals surface area contributed by atoms with E-state index in [0.717, 1.165) is 23.5 Å². The molecule has 4 heteroatoms. The fourth-order valence-corrected chi connectivity index (χ4v) is 1.52. The minimum atomic E-state index is 0.505. The summed E-state index contributed by atoms with van der Waals surface area (Å²) in [5.74, 6) is 0.836. The van der Waals surface area contributed by atoms with Crippen molar-refractivity contribution in [3.63, 3.8) is 0 Å². The molecule has 0 amide bonds. The van der Waals surface area contributed by atoms with E-state index in [4.69, 9.17) is 0 Å². The molecule has 0 saturated heterocycles. The van der Waals surface area contributed by atoms with Crippen LogP contribution < -0.4 is 0 Å². The van der Waals surface area contributed by atoms with E-state index in [1.807, 2.05) is 12.2 Å². The van der Waals surface area contributed by atoms with E-state index in [-0.39, 0.29) is 0 Å². The maximum absolute atomic E-state index is 10.3. The van der Waals surface area contributed by atoms with Crippen LogP contribution in [-0.2, 0) is 0 Å². The molecule has 1 aromatic rings. The van der Waals surface area contributed by atoms with Crippen LogP contribution in [0.3, 0.4) is 0 Å². The monoisotopic (exact) mass is 199 g/mol. The van der Waals surface area contributed by atoms with Crippen LogP contribution >= 0.6 is 24.0 Å². The topological polar surface area (TPSA) is 30.0 Å². The van der Waals surface area contributed by atoms with E-state index in [1.165, 1.54) is 11.3 Å². The largest absolute Gasteiger partial charge is 0.296 e. The number of carbonyl (C=O) groups excluding carboxylic acids is 1. The summed E-state index contributed by atoms with van der Waals surface area (Å²) in [5, 5.41) is 2.62. The number of rotatable bonds is 4. The molecule has 0 fully saturated rings. The zero-order chi connectivity index (χ0) is 8.81. The molecular formula is C8H9NOS2.